The molecule has 0 saturated carbocycles. The lowest BCUT2D eigenvalue weighted by molar-refractivity contribution is 0.0697. The summed E-state index contributed by atoms with van der Waals surface area (Å²) in [6.45, 7) is 0.640. The number of pyridine rings is 1. The predicted octanol–water partition coefficient (Wildman–Crippen LogP) is 3.55. The zero-order chi connectivity index (χ0) is 14.7. The van der Waals surface area contributed by atoms with Crippen LogP contribution in [0, 0.1) is 0 Å². The molecule has 0 bridgehead atoms. The number of benzene rings is 2. The first-order chi connectivity index (χ1) is 10.2. The van der Waals surface area contributed by atoms with Gasteiger partial charge < -0.3 is 10.4 Å². The van der Waals surface area contributed by atoms with Gasteiger partial charge in [0, 0.05) is 30.0 Å². The molecule has 0 saturated heterocycles. The molecule has 0 unspecified atom stereocenters. The minimum absolute atomic E-state index is 0.285. The van der Waals surface area contributed by atoms with Gasteiger partial charge in [-0.1, -0.05) is 24.3 Å². The lowest BCUT2D eigenvalue weighted by Gasteiger charge is -2.09. The van der Waals surface area contributed by atoms with Gasteiger partial charge in [-0.3, -0.25) is 4.98 Å². The molecule has 1 heterocycles. The molecule has 3 rings (SSSR count). The molecule has 0 atom stereocenters. The number of carboxylic acid groups (broad SMARTS) is 1. The Bertz CT molecular complexity index is 777. The molecular weight excluding hydrogens is 264 g/mol. The average Bonchev–Trinajstić information content (AvgIpc) is 2.53. The molecule has 0 spiro atoms. The van der Waals surface area contributed by atoms with Crippen molar-refractivity contribution in [2.45, 2.75) is 6.54 Å². The van der Waals surface area contributed by atoms with E-state index in [-0.39, 0.29) is 5.56 Å². The third kappa shape index (κ3) is 2.84. The zero-order valence-corrected chi connectivity index (χ0v) is 11.3. The molecule has 0 radical (unpaired) electrons. The van der Waals surface area contributed by atoms with E-state index in [1.54, 1.807) is 24.3 Å². The van der Waals surface area contributed by atoms with E-state index >= 15 is 0 Å². The summed E-state index contributed by atoms with van der Waals surface area (Å²) >= 11 is 0. The largest absolute Gasteiger partial charge is 0.478 e. The Kier molecular flexibility index (Phi) is 3.51. The zero-order valence-electron chi connectivity index (χ0n) is 11.3. The quantitative estimate of drug-likeness (QED) is 0.766. The van der Waals surface area contributed by atoms with Crippen LogP contribution in [0.5, 0.6) is 0 Å². The number of nitrogens with one attached hydrogen (secondary N) is 1. The van der Waals surface area contributed by atoms with Crippen LogP contribution in [0.4, 0.5) is 5.69 Å². The van der Waals surface area contributed by atoms with Crippen molar-refractivity contribution >= 4 is 22.4 Å². The van der Waals surface area contributed by atoms with Gasteiger partial charge in [0.05, 0.1) is 5.56 Å². The van der Waals surface area contributed by atoms with Gasteiger partial charge in [-0.25, -0.2) is 4.79 Å². The summed E-state index contributed by atoms with van der Waals surface area (Å²) in [5.41, 5.74) is 2.27. The van der Waals surface area contributed by atoms with Crippen LogP contribution in [0.25, 0.3) is 10.8 Å². The molecule has 0 aliphatic rings. The van der Waals surface area contributed by atoms with E-state index in [0.29, 0.717) is 6.54 Å². The molecule has 21 heavy (non-hydrogen) atoms. The molecule has 0 aliphatic carbocycles. The number of fused-ring (bicyclic) bond motifs is 1. The summed E-state index contributed by atoms with van der Waals surface area (Å²) in [5, 5.41) is 14.4. The van der Waals surface area contributed by atoms with Crippen LogP contribution < -0.4 is 5.32 Å². The normalized spacial score (nSPS) is 10.5. The Labute approximate surface area is 122 Å². The van der Waals surface area contributed by atoms with Crippen LogP contribution in [-0.4, -0.2) is 16.1 Å². The molecule has 4 nitrogen and oxygen atoms in total. The van der Waals surface area contributed by atoms with Gasteiger partial charge in [-0.05, 0) is 35.2 Å². The fraction of sp³-hybridized carbons (Fsp3) is 0.0588. The minimum Gasteiger partial charge on any atom is -0.478 e. The van der Waals surface area contributed by atoms with Crippen LogP contribution >= 0.6 is 0 Å². The Morgan fingerprint density at radius 2 is 1.81 bits per heavy atom. The third-order valence-electron chi connectivity index (χ3n) is 3.37. The van der Waals surface area contributed by atoms with Crippen molar-refractivity contribution < 1.29 is 9.90 Å². The number of aromatic carboxylic acids is 1. The smallest absolute Gasteiger partial charge is 0.335 e. The summed E-state index contributed by atoms with van der Waals surface area (Å²) in [6.07, 6.45) is 3.70. The van der Waals surface area contributed by atoms with Crippen molar-refractivity contribution in [3.05, 3.63) is 72.1 Å². The second kappa shape index (κ2) is 5.63. The Morgan fingerprint density at radius 3 is 2.57 bits per heavy atom. The SMILES string of the molecule is O=C(O)c1ccc(NCc2cncc3ccccc23)cc1. The van der Waals surface area contributed by atoms with Gasteiger partial charge in [0.15, 0.2) is 0 Å². The van der Waals surface area contributed by atoms with Gasteiger partial charge in [0.1, 0.15) is 0 Å². The highest BCUT2D eigenvalue weighted by Gasteiger charge is 2.03. The Morgan fingerprint density at radius 1 is 1.05 bits per heavy atom. The molecule has 4 heteroatoms. The van der Waals surface area contributed by atoms with Crippen molar-refractivity contribution in [1.29, 1.82) is 0 Å². The van der Waals surface area contributed by atoms with Crippen molar-refractivity contribution in [3.8, 4) is 0 Å². The Balaban J connectivity index is 1.79. The molecule has 104 valence electrons. The van der Waals surface area contributed by atoms with Gasteiger partial charge in [-0.2, -0.15) is 0 Å². The van der Waals surface area contributed by atoms with Crippen molar-refractivity contribution in [3.63, 3.8) is 0 Å². The number of nitrogens with zero attached hydrogens (tertiary/aromatic N) is 1. The number of anilines is 1. The molecule has 1 aromatic heterocycles. The number of hydrogen-bond donors (Lipinski definition) is 2. The molecule has 0 aliphatic heterocycles. The first-order valence-corrected chi connectivity index (χ1v) is 6.63. The Hall–Kier alpha value is -2.88. The third-order valence-corrected chi connectivity index (χ3v) is 3.37. The van der Waals surface area contributed by atoms with E-state index in [2.05, 4.69) is 16.4 Å². The monoisotopic (exact) mass is 278 g/mol. The molecule has 2 aromatic carbocycles. The van der Waals surface area contributed by atoms with E-state index in [9.17, 15) is 4.79 Å². The summed E-state index contributed by atoms with van der Waals surface area (Å²) in [6, 6.07) is 14.8. The highest BCUT2D eigenvalue weighted by molar-refractivity contribution is 5.88. The first-order valence-electron chi connectivity index (χ1n) is 6.63. The highest BCUT2D eigenvalue weighted by Crippen LogP contribution is 2.18. The molecule has 0 fully saturated rings. The van der Waals surface area contributed by atoms with Gasteiger partial charge in [-0.15, -0.1) is 0 Å². The summed E-state index contributed by atoms with van der Waals surface area (Å²) in [4.78, 5) is 15.1. The molecule has 2 N–H and O–H groups in total. The summed E-state index contributed by atoms with van der Waals surface area (Å²) in [7, 11) is 0. The number of carbonyl (C=O) groups is 1. The number of hydrogen-bond acceptors (Lipinski definition) is 3. The van der Waals surface area contributed by atoms with Crippen LogP contribution in [0.2, 0.25) is 0 Å². The minimum atomic E-state index is -0.917. The highest BCUT2D eigenvalue weighted by atomic mass is 16.4. The second-order valence-electron chi connectivity index (χ2n) is 4.76. The molecular formula is C17H14N2O2. The lowest BCUT2D eigenvalue weighted by atomic mass is 10.1. The van der Waals surface area contributed by atoms with E-state index < -0.39 is 5.97 Å². The summed E-state index contributed by atoms with van der Waals surface area (Å²) < 4.78 is 0. The average molecular weight is 278 g/mol. The van der Waals surface area contributed by atoms with Crippen LogP contribution in [-0.2, 0) is 6.54 Å². The van der Waals surface area contributed by atoms with E-state index in [4.69, 9.17) is 5.11 Å². The van der Waals surface area contributed by atoms with E-state index in [1.165, 1.54) is 5.39 Å². The van der Waals surface area contributed by atoms with E-state index in [0.717, 1.165) is 16.6 Å². The number of rotatable bonds is 4. The topological polar surface area (TPSA) is 62.2 Å². The fourth-order valence-electron chi connectivity index (χ4n) is 2.25. The maximum absolute atomic E-state index is 10.8. The maximum atomic E-state index is 10.8. The van der Waals surface area contributed by atoms with Crippen molar-refractivity contribution in [2.75, 3.05) is 5.32 Å². The van der Waals surface area contributed by atoms with Gasteiger partial charge in [0.25, 0.3) is 0 Å². The fourth-order valence-corrected chi connectivity index (χ4v) is 2.25. The first kappa shape index (κ1) is 13.1. The molecule has 3 aromatic rings. The van der Waals surface area contributed by atoms with Gasteiger partial charge >= 0.3 is 5.97 Å². The predicted molar refractivity (Wildman–Crippen MR) is 82.5 cm³/mol. The number of carboxylic acids is 1. The maximum Gasteiger partial charge on any atom is 0.335 e. The molecule has 0 amide bonds. The second-order valence-corrected chi connectivity index (χ2v) is 4.76. The standard InChI is InChI=1S/C17H14N2O2/c20-17(21)12-5-7-15(8-6-12)19-11-14-10-18-9-13-3-1-2-4-16(13)14/h1-10,19H,11H2,(H,20,21). The van der Waals surface area contributed by atoms with Crippen LogP contribution in [0.15, 0.2) is 60.9 Å². The van der Waals surface area contributed by atoms with Crippen LogP contribution in [0.3, 0.4) is 0 Å². The number of aromatic nitrogens is 1. The van der Waals surface area contributed by atoms with Crippen LogP contribution in [0.1, 0.15) is 15.9 Å². The van der Waals surface area contributed by atoms with Crippen molar-refractivity contribution in [2.24, 2.45) is 0 Å². The van der Waals surface area contributed by atoms with E-state index in [1.807, 2.05) is 30.6 Å². The van der Waals surface area contributed by atoms with Gasteiger partial charge in [0.2, 0.25) is 0 Å². The summed E-state index contributed by atoms with van der Waals surface area (Å²) in [5.74, 6) is -0.917. The lowest BCUT2D eigenvalue weighted by Crippen LogP contribution is -2.02. The van der Waals surface area contributed by atoms with Crippen molar-refractivity contribution in [1.82, 2.24) is 4.98 Å².